The van der Waals surface area contributed by atoms with E-state index in [1.54, 1.807) is 11.3 Å². The molecule has 1 aromatic heterocycles. The van der Waals surface area contributed by atoms with Crippen molar-refractivity contribution in [1.82, 2.24) is 5.43 Å². The molecule has 0 aliphatic rings. The Labute approximate surface area is 118 Å². The number of thiophene rings is 1. The molecule has 3 N–H and O–H groups in total. The van der Waals surface area contributed by atoms with Crippen LogP contribution in [0.25, 0.3) is 0 Å². The molecule has 90 valence electrons. The number of hydrogen-bond donors (Lipinski definition) is 2. The van der Waals surface area contributed by atoms with Crippen molar-refractivity contribution in [2.45, 2.75) is 12.5 Å². The highest BCUT2D eigenvalue weighted by Crippen LogP contribution is 2.30. The van der Waals surface area contributed by atoms with Gasteiger partial charge in [0.1, 0.15) is 0 Å². The zero-order valence-electron chi connectivity index (χ0n) is 8.99. The predicted molar refractivity (Wildman–Crippen MR) is 77.2 cm³/mol. The Hall–Kier alpha value is -0.390. The molecule has 2 aromatic rings. The predicted octanol–water partition coefficient (Wildman–Crippen LogP) is 3.91. The highest BCUT2D eigenvalue weighted by molar-refractivity contribution is 9.10. The third-order valence-electron chi connectivity index (χ3n) is 2.52. The molecule has 1 unspecified atom stereocenters. The van der Waals surface area contributed by atoms with E-state index in [0.717, 1.165) is 20.8 Å². The van der Waals surface area contributed by atoms with Crippen molar-refractivity contribution in [2.24, 2.45) is 5.84 Å². The molecule has 1 heterocycles. The molecule has 0 bridgehead atoms. The monoisotopic (exact) mass is 330 g/mol. The maximum Gasteiger partial charge on any atom is 0.0608 e. The van der Waals surface area contributed by atoms with Crippen molar-refractivity contribution in [3.8, 4) is 0 Å². The van der Waals surface area contributed by atoms with E-state index in [1.165, 1.54) is 5.56 Å². The third-order valence-corrected chi connectivity index (χ3v) is 4.52. The number of nitrogens with one attached hydrogen (secondary N) is 1. The maximum absolute atomic E-state index is 6.11. The fourth-order valence-corrected chi connectivity index (χ4v) is 3.15. The molecule has 1 aromatic carbocycles. The van der Waals surface area contributed by atoms with Crippen LogP contribution in [0.4, 0.5) is 0 Å². The first-order valence-electron chi connectivity index (χ1n) is 5.14. The molecule has 1 atom stereocenters. The van der Waals surface area contributed by atoms with Crippen LogP contribution in [-0.2, 0) is 6.42 Å². The highest BCUT2D eigenvalue weighted by atomic mass is 79.9. The summed E-state index contributed by atoms with van der Waals surface area (Å²) < 4.78 is 1.08. The fourth-order valence-electron chi connectivity index (χ4n) is 1.64. The van der Waals surface area contributed by atoms with E-state index < -0.39 is 0 Å². The minimum Gasteiger partial charge on any atom is -0.271 e. The Balaban J connectivity index is 2.16. The summed E-state index contributed by atoms with van der Waals surface area (Å²) in [5.74, 6) is 5.60. The van der Waals surface area contributed by atoms with Crippen molar-refractivity contribution in [3.63, 3.8) is 0 Å². The molecule has 0 saturated heterocycles. The van der Waals surface area contributed by atoms with Crippen molar-refractivity contribution in [3.05, 3.63) is 55.6 Å². The molecule has 0 aliphatic heterocycles. The van der Waals surface area contributed by atoms with Crippen LogP contribution in [-0.4, -0.2) is 0 Å². The lowest BCUT2D eigenvalue weighted by Gasteiger charge is -2.15. The lowest BCUT2D eigenvalue weighted by molar-refractivity contribution is 0.561. The standard InChI is InChI=1S/C12H12BrClN2S/c13-9-3-1-8(2-4-9)7-11(16-15)12-10(14)5-6-17-12/h1-6,11,16H,7,15H2. The molecule has 0 saturated carbocycles. The number of halogens is 2. The van der Waals surface area contributed by atoms with Crippen LogP contribution in [0.3, 0.4) is 0 Å². The maximum atomic E-state index is 6.11. The first-order valence-corrected chi connectivity index (χ1v) is 7.19. The highest BCUT2D eigenvalue weighted by Gasteiger charge is 2.15. The normalized spacial score (nSPS) is 12.6. The summed E-state index contributed by atoms with van der Waals surface area (Å²) in [6.07, 6.45) is 0.823. The van der Waals surface area contributed by atoms with Gasteiger partial charge in [0, 0.05) is 9.35 Å². The van der Waals surface area contributed by atoms with Gasteiger partial charge in [0.05, 0.1) is 11.1 Å². The SMILES string of the molecule is NNC(Cc1ccc(Br)cc1)c1sccc1Cl. The molecule has 0 fully saturated rings. The minimum atomic E-state index is 0.0590. The van der Waals surface area contributed by atoms with Gasteiger partial charge < -0.3 is 0 Å². The van der Waals surface area contributed by atoms with E-state index in [0.29, 0.717) is 0 Å². The summed E-state index contributed by atoms with van der Waals surface area (Å²) in [6, 6.07) is 10.2. The molecule has 2 nitrogen and oxygen atoms in total. The molecular weight excluding hydrogens is 320 g/mol. The Morgan fingerprint density at radius 1 is 1.29 bits per heavy atom. The average molecular weight is 332 g/mol. The Morgan fingerprint density at radius 2 is 2.00 bits per heavy atom. The minimum absolute atomic E-state index is 0.0590. The van der Waals surface area contributed by atoms with Crippen molar-refractivity contribution in [2.75, 3.05) is 0 Å². The Morgan fingerprint density at radius 3 is 2.53 bits per heavy atom. The molecule has 5 heteroatoms. The summed E-state index contributed by atoms with van der Waals surface area (Å²) in [4.78, 5) is 1.08. The zero-order valence-corrected chi connectivity index (χ0v) is 12.1. The second-order valence-electron chi connectivity index (χ2n) is 3.68. The number of rotatable bonds is 4. The number of hydrazine groups is 1. The topological polar surface area (TPSA) is 38.0 Å². The van der Waals surface area contributed by atoms with Crippen LogP contribution < -0.4 is 11.3 Å². The molecule has 0 spiro atoms. The van der Waals surface area contributed by atoms with Gasteiger partial charge in [0.25, 0.3) is 0 Å². The lowest BCUT2D eigenvalue weighted by atomic mass is 10.1. The van der Waals surface area contributed by atoms with E-state index in [9.17, 15) is 0 Å². The van der Waals surface area contributed by atoms with E-state index in [2.05, 4.69) is 33.5 Å². The van der Waals surface area contributed by atoms with Gasteiger partial charge in [-0.15, -0.1) is 11.3 Å². The van der Waals surface area contributed by atoms with Gasteiger partial charge in [-0.2, -0.15) is 0 Å². The molecule has 17 heavy (non-hydrogen) atoms. The van der Waals surface area contributed by atoms with Crippen LogP contribution in [0.15, 0.2) is 40.2 Å². The zero-order chi connectivity index (χ0) is 12.3. The summed E-state index contributed by atoms with van der Waals surface area (Å²) in [7, 11) is 0. The fraction of sp³-hybridized carbons (Fsp3) is 0.167. The molecular formula is C12H12BrClN2S. The van der Waals surface area contributed by atoms with Gasteiger partial charge in [0.2, 0.25) is 0 Å². The summed E-state index contributed by atoms with van der Waals surface area (Å²) in [5, 5.41) is 2.75. The van der Waals surface area contributed by atoms with Crippen LogP contribution >= 0.6 is 38.9 Å². The lowest BCUT2D eigenvalue weighted by Crippen LogP contribution is -2.29. The Bertz CT molecular complexity index is 484. The van der Waals surface area contributed by atoms with Crippen LogP contribution in [0.5, 0.6) is 0 Å². The van der Waals surface area contributed by atoms with Crippen molar-refractivity contribution < 1.29 is 0 Å². The second kappa shape index (κ2) is 5.98. The third kappa shape index (κ3) is 3.30. The quantitative estimate of drug-likeness (QED) is 0.658. The van der Waals surface area contributed by atoms with Crippen molar-refractivity contribution in [1.29, 1.82) is 0 Å². The summed E-state index contributed by atoms with van der Waals surface area (Å²) in [6.45, 7) is 0. The Kier molecular flexibility index (Phi) is 4.59. The smallest absolute Gasteiger partial charge is 0.0608 e. The van der Waals surface area contributed by atoms with Crippen molar-refractivity contribution >= 4 is 38.9 Å². The second-order valence-corrected chi connectivity index (χ2v) is 5.95. The van der Waals surface area contributed by atoms with E-state index >= 15 is 0 Å². The molecule has 0 radical (unpaired) electrons. The number of nitrogens with two attached hydrogens (primary N) is 1. The van der Waals surface area contributed by atoms with Gasteiger partial charge in [-0.3, -0.25) is 11.3 Å². The number of benzene rings is 1. The first-order chi connectivity index (χ1) is 8.20. The molecule has 0 amide bonds. The van der Waals surface area contributed by atoms with E-state index in [-0.39, 0.29) is 6.04 Å². The van der Waals surface area contributed by atoms with E-state index in [4.69, 9.17) is 17.4 Å². The van der Waals surface area contributed by atoms with Gasteiger partial charge in [-0.1, -0.05) is 39.7 Å². The molecule has 2 rings (SSSR count). The van der Waals surface area contributed by atoms with E-state index in [1.807, 2.05) is 23.6 Å². The first kappa shape index (κ1) is 13.1. The summed E-state index contributed by atoms with van der Waals surface area (Å²) >= 11 is 11.2. The number of hydrogen-bond acceptors (Lipinski definition) is 3. The largest absolute Gasteiger partial charge is 0.271 e. The van der Waals surface area contributed by atoms with Gasteiger partial charge in [0.15, 0.2) is 0 Å². The van der Waals surface area contributed by atoms with Gasteiger partial charge in [-0.25, -0.2) is 0 Å². The van der Waals surface area contributed by atoms with Crippen LogP contribution in [0, 0.1) is 0 Å². The average Bonchev–Trinajstić information content (AvgIpc) is 2.75. The van der Waals surface area contributed by atoms with Gasteiger partial charge in [-0.05, 0) is 35.6 Å². The molecule has 0 aliphatic carbocycles. The van der Waals surface area contributed by atoms with Crippen LogP contribution in [0.2, 0.25) is 5.02 Å². The van der Waals surface area contributed by atoms with Gasteiger partial charge >= 0.3 is 0 Å². The van der Waals surface area contributed by atoms with Crippen LogP contribution in [0.1, 0.15) is 16.5 Å². The summed E-state index contributed by atoms with van der Waals surface area (Å²) in [5.41, 5.74) is 4.05.